The number of anilines is 1. The summed E-state index contributed by atoms with van der Waals surface area (Å²) < 4.78 is 5.95. The van der Waals surface area contributed by atoms with Gasteiger partial charge in [0.25, 0.3) is 0 Å². The Kier molecular flexibility index (Phi) is 2.62. The molecule has 1 aromatic heterocycles. The van der Waals surface area contributed by atoms with E-state index in [1.807, 2.05) is 54.6 Å². The Morgan fingerprint density at radius 3 is 2.48 bits per heavy atom. The van der Waals surface area contributed by atoms with Crippen molar-refractivity contribution < 1.29 is 4.42 Å². The zero-order valence-electron chi connectivity index (χ0n) is 11.0. The van der Waals surface area contributed by atoms with Crippen molar-refractivity contribution in [3.8, 4) is 11.5 Å². The third-order valence-electron chi connectivity index (χ3n) is 3.53. The maximum Gasteiger partial charge on any atom is 0.228 e. The van der Waals surface area contributed by atoms with Crippen LogP contribution in [-0.2, 0) is 0 Å². The Labute approximate surface area is 126 Å². The molecule has 3 aromatic carbocycles. The maximum absolute atomic E-state index is 6.21. The monoisotopic (exact) mass is 294 g/mol. The van der Waals surface area contributed by atoms with Crippen LogP contribution >= 0.6 is 11.6 Å². The minimum Gasteiger partial charge on any atom is -0.435 e. The SMILES string of the molecule is Nc1cc2nc(-c3ccccc3Cl)oc2c2ccccc12. The molecule has 4 aromatic rings. The van der Waals surface area contributed by atoms with E-state index in [0.717, 1.165) is 27.4 Å². The highest BCUT2D eigenvalue weighted by atomic mass is 35.5. The summed E-state index contributed by atoms with van der Waals surface area (Å²) in [5, 5.41) is 2.53. The van der Waals surface area contributed by atoms with Crippen LogP contribution < -0.4 is 5.73 Å². The van der Waals surface area contributed by atoms with Crippen molar-refractivity contribution in [1.29, 1.82) is 0 Å². The van der Waals surface area contributed by atoms with Crippen LogP contribution in [0, 0.1) is 0 Å². The van der Waals surface area contributed by atoms with Crippen LogP contribution in [0.2, 0.25) is 5.02 Å². The number of fused-ring (bicyclic) bond motifs is 3. The van der Waals surface area contributed by atoms with Crippen molar-refractivity contribution in [3.63, 3.8) is 0 Å². The molecule has 0 radical (unpaired) electrons. The lowest BCUT2D eigenvalue weighted by atomic mass is 10.1. The predicted octanol–water partition coefficient (Wildman–Crippen LogP) is 4.88. The quantitative estimate of drug-likeness (QED) is 0.509. The Hall–Kier alpha value is -2.52. The van der Waals surface area contributed by atoms with Crippen molar-refractivity contribution in [2.24, 2.45) is 0 Å². The van der Waals surface area contributed by atoms with E-state index in [1.165, 1.54) is 0 Å². The summed E-state index contributed by atoms with van der Waals surface area (Å²) >= 11 is 6.21. The number of hydrogen-bond donors (Lipinski definition) is 1. The summed E-state index contributed by atoms with van der Waals surface area (Å²) in [6, 6.07) is 17.2. The van der Waals surface area contributed by atoms with Crippen molar-refractivity contribution in [2.45, 2.75) is 0 Å². The van der Waals surface area contributed by atoms with Crippen LogP contribution in [-0.4, -0.2) is 4.98 Å². The minimum atomic E-state index is 0.506. The molecule has 0 spiro atoms. The molecule has 0 saturated carbocycles. The van der Waals surface area contributed by atoms with E-state index in [1.54, 1.807) is 0 Å². The van der Waals surface area contributed by atoms with Crippen molar-refractivity contribution in [1.82, 2.24) is 4.98 Å². The second kappa shape index (κ2) is 4.50. The largest absolute Gasteiger partial charge is 0.435 e. The lowest BCUT2D eigenvalue weighted by Crippen LogP contribution is -1.87. The van der Waals surface area contributed by atoms with Crippen LogP contribution in [0.5, 0.6) is 0 Å². The van der Waals surface area contributed by atoms with Crippen molar-refractivity contribution in [3.05, 3.63) is 59.6 Å². The molecule has 0 aliphatic heterocycles. The van der Waals surface area contributed by atoms with E-state index >= 15 is 0 Å². The number of rotatable bonds is 1. The topological polar surface area (TPSA) is 52.0 Å². The molecule has 0 atom stereocenters. The van der Waals surface area contributed by atoms with Crippen LogP contribution in [0.1, 0.15) is 0 Å². The van der Waals surface area contributed by atoms with Gasteiger partial charge < -0.3 is 10.2 Å². The first kappa shape index (κ1) is 12.2. The molecule has 1 heterocycles. The third kappa shape index (κ3) is 1.86. The van der Waals surface area contributed by atoms with Gasteiger partial charge in [-0.05, 0) is 18.2 Å². The lowest BCUT2D eigenvalue weighted by Gasteiger charge is -2.01. The first-order valence-corrected chi connectivity index (χ1v) is 6.94. The summed E-state index contributed by atoms with van der Waals surface area (Å²) in [5.74, 6) is 0.506. The Morgan fingerprint density at radius 2 is 1.67 bits per heavy atom. The molecule has 0 unspecified atom stereocenters. The molecule has 0 amide bonds. The summed E-state index contributed by atoms with van der Waals surface area (Å²) in [6.07, 6.45) is 0. The van der Waals surface area contributed by atoms with Gasteiger partial charge in [0, 0.05) is 16.5 Å². The van der Waals surface area contributed by atoms with Gasteiger partial charge in [-0.15, -0.1) is 0 Å². The molecule has 0 aliphatic rings. The Balaban J connectivity index is 2.07. The van der Waals surface area contributed by atoms with E-state index in [4.69, 9.17) is 21.8 Å². The number of oxazole rings is 1. The number of hydrogen-bond acceptors (Lipinski definition) is 3. The Bertz CT molecular complexity index is 975. The fourth-order valence-corrected chi connectivity index (χ4v) is 2.75. The number of benzene rings is 3. The van der Waals surface area contributed by atoms with E-state index in [-0.39, 0.29) is 0 Å². The van der Waals surface area contributed by atoms with Gasteiger partial charge in [-0.1, -0.05) is 48.0 Å². The molecule has 0 saturated heterocycles. The van der Waals surface area contributed by atoms with E-state index in [2.05, 4.69) is 4.98 Å². The molecule has 4 rings (SSSR count). The molecular weight excluding hydrogens is 284 g/mol. The molecule has 0 aliphatic carbocycles. The first-order chi connectivity index (χ1) is 10.2. The van der Waals surface area contributed by atoms with Gasteiger partial charge in [0.05, 0.1) is 10.6 Å². The third-order valence-corrected chi connectivity index (χ3v) is 3.86. The standard InChI is InChI=1S/C17H11ClN2O/c18-13-8-4-3-7-12(13)17-20-15-9-14(19)10-5-1-2-6-11(10)16(15)21-17/h1-9H,19H2. The molecule has 21 heavy (non-hydrogen) atoms. The molecule has 102 valence electrons. The van der Waals surface area contributed by atoms with Gasteiger partial charge in [-0.3, -0.25) is 0 Å². The van der Waals surface area contributed by atoms with Crippen molar-refractivity contribution >= 4 is 39.2 Å². The molecule has 0 fully saturated rings. The van der Waals surface area contributed by atoms with Gasteiger partial charge in [0.1, 0.15) is 5.52 Å². The normalized spacial score (nSPS) is 11.3. The van der Waals surface area contributed by atoms with Gasteiger partial charge >= 0.3 is 0 Å². The fourth-order valence-electron chi connectivity index (χ4n) is 2.53. The first-order valence-electron chi connectivity index (χ1n) is 6.57. The highest BCUT2D eigenvalue weighted by Crippen LogP contribution is 2.35. The number of nitrogens with two attached hydrogens (primary N) is 1. The number of nitrogens with zero attached hydrogens (tertiary/aromatic N) is 1. The van der Waals surface area contributed by atoms with Gasteiger partial charge in [-0.2, -0.15) is 0 Å². The highest BCUT2D eigenvalue weighted by molar-refractivity contribution is 6.33. The molecule has 3 nitrogen and oxygen atoms in total. The van der Waals surface area contributed by atoms with Gasteiger partial charge in [-0.25, -0.2) is 4.98 Å². The maximum atomic E-state index is 6.21. The number of aromatic nitrogens is 1. The second-order valence-electron chi connectivity index (χ2n) is 4.86. The smallest absolute Gasteiger partial charge is 0.228 e. The van der Waals surface area contributed by atoms with Gasteiger partial charge in [0.15, 0.2) is 5.58 Å². The average molecular weight is 295 g/mol. The van der Waals surface area contributed by atoms with E-state index in [0.29, 0.717) is 16.6 Å². The lowest BCUT2D eigenvalue weighted by molar-refractivity contribution is 0.623. The number of nitrogen functional groups attached to an aromatic ring is 1. The second-order valence-corrected chi connectivity index (χ2v) is 5.27. The van der Waals surface area contributed by atoms with Crippen LogP contribution in [0.3, 0.4) is 0 Å². The molecule has 2 N–H and O–H groups in total. The van der Waals surface area contributed by atoms with Gasteiger partial charge in [0.2, 0.25) is 5.89 Å². The zero-order chi connectivity index (χ0) is 14.4. The average Bonchev–Trinajstić information content (AvgIpc) is 2.92. The number of halogens is 1. The molecular formula is C17H11ClN2O. The highest BCUT2D eigenvalue weighted by Gasteiger charge is 2.14. The zero-order valence-corrected chi connectivity index (χ0v) is 11.8. The molecule has 4 heteroatoms. The summed E-state index contributed by atoms with van der Waals surface area (Å²) in [6.45, 7) is 0. The predicted molar refractivity (Wildman–Crippen MR) is 86.4 cm³/mol. The van der Waals surface area contributed by atoms with Crippen molar-refractivity contribution in [2.75, 3.05) is 5.73 Å². The van der Waals surface area contributed by atoms with Crippen LogP contribution in [0.4, 0.5) is 5.69 Å². The summed E-state index contributed by atoms with van der Waals surface area (Å²) in [4.78, 5) is 4.52. The fraction of sp³-hybridized carbons (Fsp3) is 0. The van der Waals surface area contributed by atoms with Crippen LogP contribution in [0.15, 0.2) is 59.0 Å². The van der Waals surface area contributed by atoms with E-state index in [9.17, 15) is 0 Å². The molecule has 0 bridgehead atoms. The Morgan fingerprint density at radius 1 is 0.952 bits per heavy atom. The minimum absolute atomic E-state index is 0.506. The van der Waals surface area contributed by atoms with Crippen LogP contribution in [0.25, 0.3) is 33.3 Å². The summed E-state index contributed by atoms with van der Waals surface area (Å²) in [5.41, 5.74) is 9.03. The summed E-state index contributed by atoms with van der Waals surface area (Å²) in [7, 11) is 0. The van der Waals surface area contributed by atoms with E-state index < -0.39 is 0 Å².